The molecule has 0 bridgehead atoms. The highest BCUT2D eigenvalue weighted by Gasteiger charge is 2.33. The Labute approximate surface area is 218 Å². The van der Waals surface area contributed by atoms with Gasteiger partial charge in [0.05, 0.1) is 26.2 Å². The highest BCUT2D eigenvalue weighted by atomic mass is 16.6. The molecule has 2 aliphatic rings. The molecule has 2 rings (SSSR count). The SMILES string of the molecule is CC(C)(C)OC(=O)N1CC(=O)C(=CN)C1.CC(C)(C)OC(=O)NC=C1CN(C(=O)OC(C)(C)C)CC1=O. The van der Waals surface area contributed by atoms with Crippen LogP contribution in [-0.4, -0.2) is 82.6 Å². The number of alkyl carbamates (subject to hydrolysis) is 1. The van der Waals surface area contributed by atoms with Crippen LogP contribution in [0.5, 0.6) is 0 Å². The summed E-state index contributed by atoms with van der Waals surface area (Å²) in [4.78, 5) is 60.7. The van der Waals surface area contributed by atoms with Crippen molar-refractivity contribution in [2.75, 3.05) is 26.2 Å². The molecule has 37 heavy (non-hydrogen) atoms. The fraction of sp³-hybridized carbons (Fsp3) is 0.640. The van der Waals surface area contributed by atoms with E-state index in [2.05, 4.69) is 5.32 Å². The summed E-state index contributed by atoms with van der Waals surface area (Å²) in [5.41, 5.74) is 4.25. The zero-order valence-corrected chi connectivity index (χ0v) is 23.2. The standard InChI is InChI=1S/C15H24N2O5.C10H16N2O3/c1-14(2,3)21-12(19)16-7-10-8-17(9-11(10)18)13(20)22-15(4,5)6;1-10(2,3)15-9(14)12-5-7(4-11)8(13)6-12/h7H,8-9H2,1-6H3,(H,16,19);4H,5-6,11H2,1-3H3. The van der Waals surface area contributed by atoms with Gasteiger partial charge in [-0.1, -0.05) is 0 Å². The Morgan fingerprint density at radius 3 is 1.43 bits per heavy atom. The monoisotopic (exact) mass is 524 g/mol. The number of rotatable bonds is 1. The Bertz CT molecular complexity index is 965. The summed E-state index contributed by atoms with van der Waals surface area (Å²) in [6, 6.07) is 0. The largest absolute Gasteiger partial charge is 0.444 e. The smallest absolute Gasteiger partial charge is 0.411 e. The van der Waals surface area contributed by atoms with Crippen molar-refractivity contribution in [3.05, 3.63) is 23.5 Å². The van der Waals surface area contributed by atoms with E-state index >= 15 is 0 Å². The lowest BCUT2D eigenvalue weighted by atomic mass is 10.2. The van der Waals surface area contributed by atoms with E-state index in [1.165, 1.54) is 22.2 Å². The number of ether oxygens (including phenoxy) is 3. The minimum absolute atomic E-state index is 0.0535. The molecule has 12 nitrogen and oxygen atoms in total. The van der Waals surface area contributed by atoms with Crippen molar-refractivity contribution in [3.8, 4) is 0 Å². The van der Waals surface area contributed by atoms with E-state index in [0.29, 0.717) is 11.1 Å². The fourth-order valence-electron chi connectivity index (χ4n) is 2.89. The number of Topliss-reactive ketones (excluding diaryl/α,β-unsaturated/α-hetero) is 2. The molecule has 0 radical (unpaired) electrons. The average molecular weight is 525 g/mol. The molecular weight excluding hydrogens is 484 g/mol. The van der Waals surface area contributed by atoms with Crippen LogP contribution in [0.3, 0.4) is 0 Å². The van der Waals surface area contributed by atoms with Gasteiger partial charge in [0.15, 0.2) is 11.6 Å². The third-order valence-electron chi connectivity index (χ3n) is 4.38. The molecule has 2 heterocycles. The molecule has 3 N–H and O–H groups in total. The van der Waals surface area contributed by atoms with Gasteiger partial charge in [-0.05, 0) is 62.3 Å². The molecule has 3 amide bonds. The lowest BCUT2D eigenvalue weighted by Crippen LogP contribution is -2.35. The first-order valence-corrected chi connectivity index (χ1v) is 11.8. The number of likely N-dealkylation sites (tertiary alicyclic amines) is 2. The number of nitrogens with zero attached hydrogens (tertiary/aromatic N) is 2. The molecule has 12 heteroatoms. The minimum Gasteiger partial charge on any atom is -0.444 e. The first kappa shape index (κ1) is 31.5. The quantitative estimate of drug-likeness (QED) is 0.389. The van der Waals surface area contributed by atoms with Crippen molar-refractivity contribution in [2.45, 2.75) is 79.1 Å². The zero-order chi connectivity index (χ0) is 28.8. The zero-order valence-electron chi connectivity index (χ0n) is 23.2. The number of hydrogen-bond donors (Lipinski definition) is 2. The van der Waals surface area contributed by atoms with Crippen molar-refractivity contribution in [3.63, 3.8) is 0 Å². The van der Waals surface area contributed by atoms with Gasteiger partial charge in [-0.3, -0.25) is 24.7 Å². The number of amides is 3. The second kappa shape index (κ2) is 12.1. The Morgan fingerprint density at radius 2 is 1.08 bits per heavy atom. The topological polar surface area (TPSA) is 158 Å². The summed E-state index contributed by atoms with van der Waals surface area (Å²) in [7, 11) is 0. The molecule has 0 spiro atoms. The van der Waals surface area contributed by atoms with Crippen LogP contribution in [-0.2, 0) is 23.8 Å². The molecule has 208 valence electrons. The first-order valence-electron chi connectivity index (χ1n) is 11.8. The van der Waals surface area contributed by atoms with Crippen LogP contribution < -0.4 is 11.1 Å². The van der Waals surface area contributed by atoms with E-state index in [1.54, 1.807) is 62.3 Å². The molecule has 0 aromatic rings. The minimum atomic E-state index is -0.650. The van der Waals surface area contributed by atoms with Gasteiger partial charge in [0.2, 0.25) is 0 Å². The number of carbonyl (C=O) groups excluding carboxylic acids is 5. The van der Waals surface area contributed by atoms with E-state index in [9.17, 15) is 24.0 Å². The van der Waals surface area contributed by atoms with Gasteiger partial charge in [0, 0.05) is 23.5 Å². The molecule has 0 saturated carbocycles. The lowest BCUT2D eigenvalue weighted by molar-refractivity contribution is -0.115. The van der Waals surface area contributed by atoms with Gasteiger partial charge in [0.25, 0.3) is 0 Å². The molecule has 0 aromatic carbocycles. The predicted molar refractivity (Wildman–Crippen MR) is 135 cm³/mol. The molecule has 0 unspecified atom stereocenters. The lowest BCUT2D eigenvalue weighted by Gasteiger charge is -2.23. The summed E-state index contributed by atoms with van der Waals surface area (Å²) in [6.07, 6.45) is 0.839. The van der Waals surface area contributed by atoms with Gasteiger partial charge in [-0.25, -0.2) is 14.4 Å². The maximum Gasteiger partial charge on any atom is 0.411 e. The summed E-state index contributed by atoms with van der Waals surface area (Å²) in [5, 5.41) is 2.40. The first-order chi connectivity index (χ1) is 16.7. The van der Waals surface area contributed by atoms with Crippen molar-refractivity contribution < 1.29 is 38.2 Å². The third-order valence-corrected chi connectivity index (χ3v) is 4.38. The molecule has 0 aliphatic carbocycles. The number of nitrogens with one attached hydrogen (secondary N) is 1. The van der Waals surface area contributed by atoms with E-state index in [1.807, 2.05) is 0 Å². The van der Waals surface area contributed by atoms with Crippen molar-refractivity contribution in [1.82, 2.24) is 15.1 Å². The molecule has 2 fully saturated rings. The number of hydrogen-bond acceptors (Lipinski definition) is 9. The van der Waals surface area contributed by atoms with Crippen LogP contribution in [0.15, 0.2) is 23.5 Å². The van der Waals surface area contributed by atoms with Crippen molar-refractivity contribution >= 4 is 29.8 Å². The normalized spacial score (nSPS) is 18.5. The maximum atomic E-state index is 11.9. The molecular formula is C25H40N4O8. The summed E-state index contributed by atoms with van der Waals surface area (Å²) >= 11 is 0. The van der Waals surface area contributed by atoms with E-state index in [-0.39, 0.29) is 37.7 Å². The highest BCUT2D eigenvalue weighted by Crippen LogP contribution is 2.17. The van der Waals surface area contributed by atoms with Gasteiger partial charge in [-0.15, -0.1) is 0 Å². The second-order valence-electron chi connectivity index (χ2n) is 11.5. The summed E-state index contributed by atoms with van der Waals surface area (Å²) < 4.78 is 15.4. The van der Waals surface area contributed by atoms with Gasteiger partial charge >= 0.3 is 18.3 Å². The van der Waals surface area contributed by atoms with Crippen LogP contribution in [0.25, 0.3) is 0 Å². The fourth-order valence-corrected chi connectivity index (χ4v) is 2.89. The van der Waals surface area contributed by atoms with Gasteiger partial charge in [0.1, 0.15) is 16.8 Å². The van der Waals surface area contributed by atoms with Crippen LogP contribution in [0.1, 0.15) is 62.3 Å². The summed E-state index contributed by atoms with van der Waals surface area (Å²) in [5.74, 6) is -0.356. The Hall–Kier alpha value is -3.57. The van der Waals surface area contributed by atoms with Crippen LogP contribution in [0.2, 0.25) is 0 Å². The van der Waals surface area contributed by atoms with E-state index < -0.39 is 35.1 Å². The van der Waals surface area contributed by atoms with Gasteiger partial charge < -0.3 is 19.9 Å². The van der Waals surface area contributed by atoms with E-state index in [0.717, 1.165) is 0 Å². The second-order valence-corrected chi connectivity index (χ2v) is 11.5. The van der Waals surface area contributed by atoms with Crippen LogP contribution >= 0.6 is 0 Å². The van der Waals surface area contributed by atoms with Crippen LogP contribution in [0, 0.1) is 0 Å². The van der Waals surface area contributed by atoms with Crippen molar-refractivity contribution in [2.24, 2.45) is 5.73 Å². The van der Waals surface area contributed by atoms with E-state index in [4.69, 9.17) is 19.9 Å². The van der Waals surface area contributed by atoms with Gasteiger partial charge in [-0.2, -0.15) is 0 Å². The highest BCUT2D eigenvalue weighted by molar-refractivity contribution is 6.02. The average Bonchev–Trinajstić information content (AvgIpc) is 3.25. The summed E-state index contributed by atoms with van der Waals surface area (Å²) in [6.45, 7) is 16.2. The third kappa shape index (κ3) is 11.8. The molecule has 2 saturated heterocycles. The maximum absolute atomic E-state index is 11.9. The Balaban J connectivity index is 0.000000397. The molecule has 2 aliphatic heterocycles. The Kier molecular flexibility index (Phi) is 10.3. The van der Waals surface area contributed by atoms with Crippen molar-refractivity contribution in [1.29, 1.82) is 0 Å². The number of carbonyl (C=O) groups is 5. The predicted octanol–water partition coefficient (Wildman–Crippen LogP) is 2.86. The molecule has 0 atom stereocenters. The number of nitrogens with two attached hydrogens (primary N) is 1. The van der Waals surface area contributed by atoms with Crippen LogP contribution in [0.4, 0.5) is 14.4 Å². The number of ketones is 2. The molecule has 0 aromatic heterocycles. The Morgan fingerprint density at radius 1 is 0.703 bits per heavy atom.